The molecule has 0 radical (unpaired) electrons. The Morgan fingerprint density at radius 2 is 1.76 bits per heavy atom. The van der Waals surface area contributed by atoms with Gasteiger partial charge in [0.15, 0.2) is 0 Å². The van der Waals surface area contributed by atoms with Crippen LogP contribution in [0.4, 0.5) is 0 Å². The second-order valence-corrected chi connectivity index (χ2v) is 7.34. The molecule has 136 valence electrons. The van der Waals surface area contributed by atoms with Crippen LogP contribution < -0.4 is 0 Å². The van der Waals surface area contributed by atoms with Gasteiger partial charge in [0.2, 0.25) is 11.8 Å². The largest absolute Gasteiger partial charge is 0.340 e. The molecule has 2 amide bonds. The van der Waals surface area contributed by atoms with Crippen molar-refractivity contribution in [2.24, 2.45) is 0 Å². The van der Waals surface area contributed by atoms with E-state index in [1.807, 2.05) is 47.2 Å². The van der Waals surface area contributed by atoms with Gasteiger partial charge in [-0.1, -0.05) is 30.3 Å². The first-order chi connectivity index (χ1) is 12.1. The van der Waals surface area contributed by atoms with Crippen molar-refractivity contribution in [1.29, 1.82) is 0 Å². The van der Waals surface area contributed by atoms with E-state index in [9.17, 15) is 9.59 Å². The fourth-order valence-corrected chi connectivity index (χ4v) is 4.31. The lowest BCUT2D eigenvalue weighted by Crippen LogP contribution is -2.50. The highest BCUT2D eigenvalue weighted by molar-refractivity contribution is 5.78. The normalized spacial score (nSPS) is 23.8. The molecule has 0 N–H and O–H groups in total. The molecule has 5 nitrogen and oxygen atoms in total. The average Bonchev–Trinajstić information content (AvgIpc) is 3.24. The number of carbonyl (C=O) groups is 2. The molecule has 2 fully saturated rings. The van der Waals surface area contributed by atoms with Gasteiger partial charge >= 0.3 is 0 Å². The summed E-state index contributed by atoms with van der Waals surface area (Å²) in [5, 5.41) is 0. The van der Waals surface area contributed by atoms with Gasteiger partial charge in [0.25, 0.3) is 0 Å². The third kappa shape index (κ3) is 4.21. The summed E-state index contributed by atoms with van der Waals surface area (Å²) in [6, 6.07) is 10.7. The van der Waals surface area contributed by atoms with E-state index in [4.69, 9.17) is 0 Å². The first-order valence-corrected chi connectivity index (χ1v) is 9.35. The van der Waals surface area contributed by atoms with Crippen LogP contribution in [0.15, 0.2) is 30.3 Å². The van der Waals surface area contributed by atoms with Gasteiger partial charge in [-0.05, 0) is 37.8 Å². The van der Waals surface area contributed by atoms with E-state index in [1.165, 1.54) is 0 Å². The molecule has 0 bridgehead atoms. The Labute approximate surface area is 150 Å². The van der Waals surface area contributed by atoms with Crippen LogP contribution in [-0.2, 0) is 16.1 Å². The van der Waals surface area contributed by atoms with Crippen LogP contribution >= 0.6 is 0 Å². The van der Waals surface area contributed by atoms with E-state index in [0.717, 1.165) is 44.3 Å². The molecule has 0 unspecified atom stereocenters. The lowest BCUT2D eigenvalue weighted by Gasteiger charge is -2.35. The summed E-state index contributed by atoms with van der Waals surface area (Å²) in [4.78, 5) is 30.7. The molecule has 25 heavy (non-hydrogen) atoms. The molecule has 2 aliphatic rings. The molecule has 1 aromatic rings. The lowest BCUT2D eigenvalue weighted by atomic mass is 10.0. The molecule has 2 atom stereocenters. The highest BCUT2D eigenvalue weighted by Crippen LogP contribution is 2.30. The van der Waals surface area contributed by atoms with Crippen LogP contribution in [0.25, 0.3) is 0 Å². The highest BCUT2D eigenvalue weighted by atomic mass is 16.2. The van der Waals surface area contributed by atoms with Crippen molar-refractivity contribution in [2.45, 2.75) is 51.2 Å². The van der Waals surface area contributed by atoms with E-state index in [1.54, 1.807) is 6.92 Å². The van der Waals surface area contributed by atoms with Crippen LogP contribution in [0.2, 0.25) is 0 Å². The van der Waals surface area contributed by atoms with Crippen LogP contribution in [0.1, 0.15) is 38.2 Å². The quantitative estimate of drug-likeness (QED) is 0.823. The number of amides is 2. The number of likely N-dealkylation sites (N-methyl/N-ethyl adjacent to an activating group) is 1. The van der Waals surface area contributed by atoms with Crippen molar-refractivity contribution >= 4 is 11.8 Å². The Bertz CT molecular complexity index is 604. The van der Waals surface area contributed by atoms with Crippen molar-refractivity contribution in [3.63, 3.8) is 0 Å². The first-order valence-electron chi connectivity index (χ1n) is 9.35. The number of likely N-dealkylation sites (tertiary alicyclic amines) is 2. The van der Waals surface area contributed by atoms with Crippen molar-refractivity contribution in [3.05, 3.63) is 35.9 Å². The molecule has 2 heterocycles. The van der Waals surface area contributed by atoms with Crippen molar-refractivity contribution in [2.75, 3.05) is 26.7 Å². The van der Waals surface area contributed by atoms with Crippen molar-refractivity contribution in [3.8, 4) is 0 Å². The molecule has 1 aromatic carbocycles. The Hall–Kier alpha value is -1.88. The van der Waals surface area contributed by atoms with Gasteiger partial charge in [0.1, 0.15) is 0 Å². The summed E-state index contributed by atoms with van der Waals surface area (Å²) in [6.07, 6.45) is 4.35. The summed E-state index contributed by atoms with van der Waals surface area (Å²) in [5.41, 5.74) is 1.15. The third-order valence-corrected chi connectivity index (χ3v) is 5.59. The summed E-state index contributed by atoms with van der Waals surface area (Å²) < 4.78 is 0. The van der Waals surface area contributed by atoms with Gasteiger partial charge < -0.3 is 9.80 Å². The number of hydrogen-bond acceptors (Lipinski definition) is 3. The van der Waals surface area contributed by atoms with Gasteiger partial charge in [0.05, 0.1) is 6.54 Å². The van der Waals surface area contributed by atoms with Gasteiger partial charge in [0, 0.05) is 39.1 Å². The van der Waals surface area contributed by atoms with E-state index in [-0.39, 0.29) is 17.9 Å². The topological polar surface area (TPSA) is 43.9 Å². The highest BCUT2D eigenvalue weighted by Gasteiger charge is 2.39. The Morgan fingerprint density at radius 1 is 1.08 bits per heavy atom. The van der Waals surface area contributed by atoms with E-state index in [2.05, 4.69) is 4.90 Å². The van der Waals surface area contributed by atoms with Gasteiger partial charge in [-0.25, -0.2) is 0 Å². The minimum Gasteiger partial charge on any atom is -0.340 e. The second-order valence-electron chi connectivity index (χ2n) is 7.34. The van der Waals surface area contributed by atoms with E-state index in [0.29, 0.717) is 19.1 Å². The second kappa shape index (κ2) is 8.00. The van der Waals surface area contributed by atoms with Gasteiger partial charge in [-0.2, -0.15) is 0 Å². The maximum Gasteiger partial charge on any atom is 0.236 e. The van der Waals surface area contributed by atoms with Crippen LogP contribution in [0.5, 0.6) is 0 Å². The maximum atomic E-state index is 12.7. The zero-order chi connectivity index (χ0) is 17.8. The SMILES string of the molecule is CC(=O)N1CCC[C@@H]1[C@@H]1CCCN1CC(=O)N(C)Cc1ccccc1. The van der Waals surface area contributed by atoms with E-state index >= 15 is 0 Å². The number of rotatable bonds is 5. The number of benzene rings is 1. The molecule has 0 spiro atoms. The minimum atomic E-state index is 0.156. The van der Waals surface area contributed by atoms with Crippen LogP contribution in [0.3, 0.4) is 0 Å². The standard InChI is InChI=1S/C20H29N3O2/c1-16(24)23-13-7-11-19(23)18-10-6-12-22(18)15-20(25)21(2)14-17-8-4-3-5-9-17/h3-5,8-9,18-19H,6-7,10-15H2,1-2H3/t18-,19+/m0/s1. The summed E-state index contributed by atoms with van der Waals surface area (Å²) in [6.45, 7) is 4.58. The monoisotopic (exact) mass is 343 g/mol. The number of carbonyl (C=O) groups excluding carboxylic acids is 2. The molecule has 0 aromatic heterocycles. The molecule has 5 heteroatoms. The molecule has 3 rings (SSSR count). The summed E-state index contributed by atoms with van der Waals surface area (Å²) >= 11 is 0. The van der Waals surface area contributed by atoms with Crippen molar-refractivity contribution in [1.82, 2.24) is 14.7 Å². The third-order valence-electron chi connectivity index (χ3n) is 5.59. The molecule has 2 saturated heterocycles. The maximum absolute atomic E-state index is 12.7. The zero-order valence-corrected chi connectivity index (χ0v) is 15.4. The Kier molecular flexibility index (Phi) is 5.74. The smallest absolute Gasteiger partial charge is 0.236 e. The Balaban J connectivity index is 1.59. The van der Waals surface area contributed by atoms with Crippen LogP contribution in [-0.4, -0.2) is 65.3 Å². The predicted molar refractivity (Wildman–Crippen MR) is 97.9 cm³/mol. The van der Waals surface area contributed by atoms with E-state index < -0.39 is 0 Å². The fourth-order valence-electron chi connectivity index (χ4n) is 4.31. The molecule has 0 aliphatic carbocycles. The number of hydrogen-bond donors (Lipinski definition) is 0. The lowest BCUT2D eigenvalue weighted by molar-refractivity contribution is -0.133. The predicted octanol–water partition coefficient (Wildman–Crippen LogP) is 2.12. The molecular weight excluding hydrogens is 314 g/mol. The molecular formula is C20H29N3O2. The van der Waals surface area contributed by atoms with Crippen molar-refractivity contribution < 1.29 is 9.59 Å². The molecule has 0 saturated carbocycles. The average molecular weight is 343 g/mol. The fraction of sp³-hybridized carbons (Fsp3) is 0.600. The summed E-state index contributed by atoms with van der Waals surface area (Å²) in [5.74, 6) is 0.324. The number of nitrogens with zero attached hydrogens (tertiary/aromatic N) is 3. The Morgan fingerprint density at radius 3 is 2.48 bits per heavy atom. The van der Waals surface area contributed by atoms with Gasteiger partial charge in [-0.15, -0.1) is 0 Å². The summed E-state index contributed by atoms with van der Waals surface area (Å²) in [7, 11) is 1.87. The first kappa shape index (κ1) is 17.9. The molecule has 2 aliphatic heterocycles. The zero-order valence-electron chi connectivity index (χ0n) is 15.4. The van der Waals surface area contributed by atoms with Crippen LogP contribution in [0, 0.1) is 0 Å². The minimum absolute atomic E-state index is 0.156. The van der Waals surface area contributed by atoms with Gasteiger partial charge in [-0.3, -0.25) is 14.5 Å².